The molecule has 0 bridgehead atoms. The fourth-order valence-corrected chi connectivity index (χ4v) is 4.54. The lowest BCUT2D eigenvalue weighted by molar-refractivity contribution is 0.0528. The summed E-state index contributed by atoms with van der Waals surface area (Å²) < 4.78 is 12.5. The molecule has 1 aromatic heterocycles. The molecule has 4 rings (SSSR count). The third-order valence-electron chi connectivity index (χ3n) is 6.33. The first-order chi connectivity index (χ1) is 15.6. The lowest BCUT2D eigenvalue weighted by Gasteiger charge is -2.39. The average Bonchev–Trinajstić information content (AvgIpc) is 3.38. The number of benzene rings is 2. The van der Waals surface area contributed by atoms with Gasteiger partial charge in [-0.25, -0.2) is 9.67 Å². The predicted octanol–water partition coefficient (Wildman–Crippen LogP) is 4.51. The maximum absolute atomic E-state index is 13.7. The minimum atomic E-state index is 0.0451. The molecule has 1 amide bonds. The molecule has 0 radical (unpaired) electrons. The fourth-order valence-electron chi connectivity index (χ4n) is 4.54. The van der Waals surface area contributed by atoms with Crippen molar-refractivity contribution in [3.63, 3.8) is 0 Å². The molecule has 0 spiro atoms. The first-order valence-corrected chi connectivity index (χ1v) is 11.1. The van der Waals surface area contributed by atoms with E-state index < -0.39 is 0 Å². The Kier molecular flexibility index (Phi) is 6.73. The van der Waals surface area contributed by atoms with Crippen LogP contribution >= 0.6 is 0 Å². The summed E-state index contributed by atoms with van der Waals surface area (Å²) in [6.07, 6.45) is 7.68. The van der Waals surface area contributed by atoms with Gasteiger partial charge < -0.3 is 14.4 Å². The molecular weight excluding hydrogens is 404 g/mol. The Labute approximate surface area is 189 Å². The molecule has 0 unspecified atom stereocenters. The molecule has 0 saturated heterocycles. The Morgan fingerprint density at radius 2 is 1.81 bits per heavy atom. The molecule has 0 aliphatic heterocycles. The van der Waals surface area contributed by atoms with Crippen LogP contribution in [-0.4, -0.2) is 45.8 Å². The minimum absolute atomic E-state index is 0.0451. The zero-order chi connectivity index (χ0) is 22.5. The van der Waals surface area contributed by atoms with Gasteiger partial charge in [-0.3, -0.25) is 4.79 Å². The van der Waals surface area contributed by atoms with E-state index in [-0.39, 0.29) is 11.9 Å². The Balaban J connectivity index is 1.62. The van der Waals surface area contributed by atoms with Crippen LogP contribution in [-0.2, 0) is 6.54 Å². The number of carbonyl (C=O) groups is 1. The van der Waals surface area contributed by atoms with Crippen molar-refractivity contribution in [2.24, 2.45) is 5.92 Å². The van der Waals surface area contributed by atoms with Crippen molar-refractivity contribution in [3.05, 3.63) is 66.2 Å². The van der Waals surface area contributed by atoms with Gasteiger partial charge in [0.25, 0.3) is 5.91 Å². The van der Waals surface area contributed by atoms with Gasteiger partial charge in [-0.2, -0.15) is 5.10 Å². The third-order valence-corrected chi connectivity index (χ3v) is 6.33. The lowest BCUT2D eigenvalue weighted by atomic mass is 9.84. The number of carbonyl (C=O) groups excluding carboxylic acids is 1. The van der Waals surface area contributed by atoms with Gasteiger partial charge in [0, 0.05) is 18.2 Å². The van der Waals surface area contributed by atoms with Crippen LogP contribution in [0.3, 0.4) is 0 Å². The average molecular weight is 435 g/mol. The number of amides is 1. The van der Waals surface area contributed by atoms with Gasteiger partial charge in [0.1, 0.15) is 12.7 Å². The van der Waals surface area contributed by atoms with Gasteiger partial charge >= 0.3 is 0 Å². The van der Waals surface area contributed by atoms with Crippen LogP contribution < -0.4 is 9.47 Å². The zero-order valence-corrected chi connectivity index (χ0v) is 18.9. The first kappa shape index (κ1) is 21.9. The molecular formula is C25H30N4O3. The summed E-state index contributed by atoms with van der Waals surface area (Å²) in [6, 6.07) is 13.6. The summed E-state index contributed by atoms with van der Waals surface area (Å²) in [5.74, 6) is 1.86. The van der Waals surface area contributed by atoms with E-state index in [0.29, 0.717) is 29.5 Å². The maximum atomic E-state index is 13.7. The number of ether oxygens (including phenoxy) is 2. The number of rotatable bonds is 7. The molecule has 1 aliphatic carbocycles. The minimum Gasteiger partial charge on any atom is -0.493 e. The number of aromatic nitrogens is 3. The van der Waals surface area contributed by atoms with Crippen molar-refractivity contribution in [2.45, 2.75) is 45.2 Å². The standard InChI is InChI=1S/C25H30N4O3/c1-18-6-4-5-7-22(18)28(15-19-8-13-23(31-2)24(14-19)32-3)25(30)20-9-11-21(12-10-20)29-17-26-16-27-29/h8-14,16-18,22H,4-7,15H2,1-3H3/t18-,22+/m1/s1. The van der Waals surface area contributed by atoms with Crippen molar-refractivity contribution >= 4 is 5.91 Å². The van der Waals surface area contributed by atoms with E-state index >= 15 is 0 Å². The fraction of sp³-hybridized carbons (Fsp3) is 0.400. The van der Waals surface area contributed by atoms with E-state index in [1.54, 1.807) is 25.2 Å². The van der Waals surface area contributed by atoms with E-state index in [4.69, 9.17) is 9.47 Å². The molecule has 3 aromatic rings. The topological polar surface area (TPSA) is 69.5 Å². The zero-order valence-electron chi connectivity index (χ0n) is 18.9. The second-order valence-corrected chi connectivity index (χ2v) is 8.34. The van der Waals surface area contributed by atoms with Gasteiger partial charge in [-0.1, -0.05) is 25.8 Å². The summed E-state index contributed by atoms with van der Waals surface area (Å²) in [5, 5.41) is 4.15. The highest BCUT2D eigenvalue weighted by molar-refractivity contribution is 5.94. The lowest BCUT2D eigenvalue weighted by Crippen LogP contribution is -2.44. The van der Waals surface area contributed by atoms with Crippen LogP contribution in [0.4, 0.5) is 0 Å². The Bertz CT molecular complexity index is 1030. The number of nitrogens with zero attached hydrogens (tertiary/aromatic N) is 4. The molecule has 168 valence electrons. The Morgan fingerprint density at radius 3 is 2.47 bits per heavy atom. The molecule has 7 nitrogen and oxygen atoms in total. The largest absolute Gasteiger partial charge is 0.493 e. The normalized spacial score (nSPS) is 18.2. The SMILES string of the molecule is COc1ccc(CN(C(=O)c2ccc(-n3cncn3)cc2)[C@H]2CCCC[C@H]2C)cc1OC. The summed E-state index contributed by atoms with van der Waals surface area (Å²) >= 11 is 0. The highest BCUT2D eigenvalue weighted by atomic mass is 16.5. The van der Waals surface area contributed by atoms with Crippen LogP contribution in [0.1, 0.15) is 48.5 Å². The highest BCUT2D eigenvalue weighted by Gasteiger charge is 2.31. The summed E-state index contributed by atoms with van der Waals surface area (Å²) in [7, 11) is 3.25. The number of methoxy groups -OCH3 is 2. The summed E-state index contributed by atoms with van der Waals surface area (Å²) in [4.78, 5) is 19.7. The van der Waals surface area contributed by atoms with Crippen molar-refractivity contribution in [1.82, 2.24) is 19.7 Å². The van der Waals surface area contributed by atoms with Gasteiger partial charge in [0.15, 0.2) is 11.5 Å². The second kappa shape index (κ2) is 9.85. The molecule has 1 aliphatic rings. The molecule has 0 N–H and O–H groups in total. The molecule has 2 aromatic carbocycles. The monoisotopic (exact) mass is 434 g/mol. The third kappa shape index (κ3) is 4.61. The van der Waals surface area contributed by atoms with Gasteiger partial charge in [0.2, 0.25) is 0 Å². The first-order valence-electron chi connectivity index (χ1n) is 11.1. The molecule has 1 heterocycles. The van der Waals surface area contributed by atoms with Gasteiger partial charge in [-0.05, 0) is 60.7 Å². The molecule has 1 saturated carbocycles. The van der Waals surface area contributed by atoms with Crippen molar-refractivity contribution in [3.8, 4) is 17.2 Å². The second-order valence-electron chi connectivity index (χ2n) is 8.34. The number of hydrogen-bond acceptors (Lipinski definition) is 5. The molecule has 1 fully saturated rings. The van der Waals surface area contributed by atoms with Crippen molar-refractivity contribution in [2.75, 3.05) is 14.2 Å². The van der Waals surface area contributed by atoms with Gasteiger partial charge in [-0.15, -0.1) is 0 Å². The van der Waals surface area contributed by atoms with Crippen molar-refractivity contribution in [1.29, 1.82) is 0 Å². The van der Waals surface area contributed by atoms with E-state index in [9.17, 15) is 4.79 Å². The highest BCUT2D eigenvalue weighted by Crippen LogP contribution is 2.32. The van der Waals surface area contributed by atoms with Crippen molar-refractivity contribution < 1.29 is 14.3 Å². The maximum Gasteiger partial charge on any atom is 0.254 e. The van der Waals surface area contributed by atoms with Crippen LogP contribution in [0, 0.1) is 5.92 Å². The summed E-state index contributed by atoms with van der Waals surface area (Å²) in [6.45, 7) is 2.78. The van der Waals surface area contributed by atoms with E-state index in [0.717, 1.165) is 30.5 Å². The molecule has 2 atom stereocenters. The van der Waals surface area contributed by atoms with E-state index in [2.05, 4.69) is 17.0 Å². The Morgan fingerprint density at radius 1 is 1.06 bits per heavy atom. The van der Waals surface area contributed by atoms with E-state index in [1.807, 2.05) is 47.4 Å². The van der Waals surface area contributed by atoms with Crippen LogP contribution in [0.15, 0.2) is 55.1 Å². The number of hydrogen-bond donors (Lipinski definition) is 0. The molecule has 7 heteroatoms. The van der Waals surface area contributed by atoms with Gasteiger partial charge in [0.05, 0.1) is 19.9 Å². The Hall–Kier alpha value is -3.35. The van der Waals surface area contributed by atoms with Crippen LogP contribution in [0.25, 0.3) is 5.69 Å². The smallest absolute Gasteiger partial charge is 0.254 e. The summed E-state index contributed by atoms with van der Waals surface area (Å²) in [5.41, 5.74) is 2.57. The predicted molar refractivity (Wildman–Crippen MR) is 122 cm³/mol. The molecule has 32 heavy (non-hydrogen) atoms. The van der Waals surface area contributed by atoms with E-state index in [1.165, 1.54) is 12.7 Å². The van der Waals surface area contributed by atoms with Crippen LogP contribution in [0.5, 0.6) is 11.5 Å². The van der Waals surface area contributed by atoms with Crippen LogP contribution in [0.2, 0.25) is 0 Å². The quantitative estimate of drug-likeness (QED) is 0.547.